The van der Waals surface area contributed by atoms with Crippen molar-refractivity contribution in [3.05, 3.63) is 59.8 Å². The summed E-state index contributed by atoms with van der Waals surface area (Å²) in [5, 5.41) is 2.11. The van der Waals surface area contributed by atoms with E-state index in [-0.39, 0.29) is 5.82 Å². The molecular weight excluding hydrogens is 385 g/mol. The number of amides is 4. The van der Waals surface area contributed by atoms with E-state index in [2.05, 4.69) is 5.32 Å². The molecule has 2 saturated heterocycles. The Hall–Kier alpha value is -2.81. The monoisotopic (exact) mass is 403 g/mol. The van der Waals surface area contributed by atoms with E-state index < -0.39 is 35.3 Å². The summed E-state index contributed by atoms with van der Waals surface area (Å²) in [5.74, 6) is -0.419. The minimum Gasteiger partial charge on any atom is -0.466 e. The molecule has 0 saturated carbocycles. The smallest absolute Gasteiger partial charge is 0.325 e. The fraction of sp³-hybridized carbons (Fsp3) is 0.316. The van der Waals surface area contributed by atoms with Gasteiger partial charge in [-0.1, -0.05) is 18.2 Å². The molecule has 1 aromatic heterocycles. The van der Waals surface area contributed by atoms with E-state index in [4.69, 9.17) is 4.42 Å². The van der Waals surface area contributed by atoms with Gasteiger partial charge in [-0.05, 0) is 25.1 Å². The molecule has 2 aliphatic rings. The zero-order valence-electron chi connectivity index (χ0n) is 15.1. The summed E-state index contributed by atoms with van der Waals surface area (Å²) in [6, 6.07) is 8.85. The Morgan fingerprint density at radius 2 is 2.11 bits per heavy atom. The van der Waals surface area contributed by atoms with Crippen LogP contribution in [0, 0.1) is 5.82 Å². The minimum absolute atomic E-state index is 0.293. The van der Waals surface area contributed by atoms with Crippen LogP contribution in [0.15, 0.2) is 47.1 Å². The van der Waals surface area contributed by atoms with Crippen molar-refractivity contribution in [2.75, 3.05) is 18.8 Å². The first kappa shape index (κ1) is 18.5. The Balaban J connectivity index is 1.53. The third-order valence-corrected chi connectivity index (χ3v) is 6.21. The van der Waals surface area contributed by atoms with Gasteiger partial charge < -0.3 is 14.6 Å². The van der Waals surface area contributed by atoms with Crippen LogP contribution in [0.1, 0.15) is 23.6 Å². The topological polar surface area (TPSA) is 82.9 Å². The Morgan fingerprint density at radius 3 is 2.82 bits per heavy atom. The molecule has 7 nitrogen and oxygen atoms in total. The van der Waals surface area contributed by atoms with Crippen LogP contribution in [0.25, 0.3) is 0 Å². The first-order chi connectivity index (χ1) is 13.4. The highest BCUT2D eigenvalue weighted by atomic mass is 32.2. The van der Waals surface area contributed by atoms with Crippen molar-refractivity contribution < 1.29 is 23.2 Å². The van der Waals surface area contributed by atoms with Crippen molar-refractivity contribution in [3.63, 3.8) is 0 Å². The number of nitrogens with zero attached hydrogens (tertiary/aromatic N) is 2. The number of thioether (sulfide) groups is 1. The first-order valence-electron chi connectivity index (χ1n) is 8.75. The number of halogens is 1. The number of carbonyl (C=O) groups excluding carboxylic acids is 3. The van der Waals surface area contributed by atoms with Gasteiger partial charge >= 0.3 is 6.03 Å². The Morgan fingerprint density at radius 1 is 1.32 bits per heavy atom. The van der Waals surface area contributed by atoms with Crippen LogP contribution in [-0.2, 0) is 15.1 Å². The van der Waals surface area contributed by atoms with E-state index in [1.165, 1.54) is 35.9 Å². The summed E-state index contributed by atoms with van der Waals surface area (Å²) < 4.78 is 19.5. The van der Waals surface area contributed by atoms with E-state index >= 15 is 0 Å². The predicted molar refractivity (Wildman–Crippen MR) is 99.6 cm³/mol. The van der Waals surface area contributed by atoms with Gasteiger partial charge in [0.25, 0.3) is 5.91 Å². The number of urea groups is 1. The number of rotatable bonds is 4. The molecule has 0 radical (unpaired) electrons. The van der Waals surface area contributed by atoms with E-state index in [0.717, 1.165) is 4.90 Å². The van der Waals surface area contributed by atoms with Crippen molar-refractivity contribution in [1.29, 1.82) is 0 Å². The molecule has 146 valence electrons. The molecule has 1 N–H and O–H groups in total. The van der Waals surface area contributed by atoms with Gasteiger partial charge in [0.2, 0.25) is 5.91 Å². The third kappa shape index (κ3) is 2.95. The lowest BCUT2D eigenvalue weighted by molar-refractivity contribution is -0.139. The normalized spacial score (nSPS) is 24.7. The fourth-order valence-electron chi connectivity index (χ4n) is 3.46. The number of carbonyl (C=O) groups is 3. The fourth-order valence-corrected chi connectivity index (χ4v) is 4.75. The van der Waals surface area contributed by atoms with Crippen LogP contribution < -0.4 is 5.32 Å². The van der Waals surface area contributed by atoms with Crippen LogP contribution in [0.3, 0.4) is 0 Å². The zero-order valence-corrected chi connectivity index (χ0v) is 15.9. The average molecular weight is 403 g/mol. The Labute approximate surface area is 164 Å². The highest BCUT2D eigenvalue weighted by Gasteiger charge is 2.52. The van der Waals surface area contributed by atoms with E-state index in [1.54, 1.807) is 30.3 Å². The molecule has 2 atom stereocenters. The lowest BCUT2D eigenvalue weighted by atomic mass is 9.99. The summed E-state index contributed by atoms with van der Waals surface area (Å²) >= 11 is 1.45. The van der Waals surface area contributed by atoms with E-state index in [0.29, 0.717) is 23.6 Å². The van der Waals surface area contributed by atoms with Crippen molar-refractivity contribution >= 4 is 29.6 Å². The molecular formula is C19H18FN3O4S. The second-order valence-corrected chi connectivity index (χ2v) is 7.94. The Bertz CT molecular complexity index is 935. The van der Waals surface area contributed by atoms with Gasteiger partial charge in [0.05, 0.1) is 6.26 Å². The van der Waals surface area contributed by atoms with Gasteiger partial charge in [-0.25, -0.2) is 9.18 Å². The van der Waals surface area contributed by atoms with Gasteiger partial charge in [-0.15, -0.1) is 11.8 Å². The maximum Gasteiger partial charge on any atom is 0.325 e. The second kappa shape index (κ2) is 6.97. The molecule has 2 aliphatic heterocycles. The molecule has 0 spiro atoms. The second-order valence-electron chi connectivity index (χ2n) is 6.76. The molecule has 4 amide bonds. The van der Waals surface area contributed by atoms with Gasteiger partial charge in [0, 0.05) is 17.9 Å². The predicted octanol–water partition coefficient (Wildman–Crippen LogP) is 2.46. The third-order valence-electron chi connectivity index (χ3n) is 4.96. The lowest BCUT2D eigenvalue weighted by Crippen LogP contribution is -2.44. The van der Waals surface area contributed by atoms with Gasteiger partial charge in [-0.3, -0.25) is 14.5 Å². The van der Waals surface area contributed by atoms with Crippen LogP contribution in [0.4, 0.5) is 9.18 Å². The molecule has 1 aromatic carbocycles. The molecule has 28 heavy (non-hydrogen) atoms. The molecule has 0 aliphatic carbocycles. The van der Waals surface area contributed by atoms with Crippen LogP contribution in [0.5, 0.6) is 0 Å². The Kier molecular flexibility index (Phi) is 4.62. The molecule has 0 bridgehead atoms. The molecule has 9 heteroatoms. The number of hydrogen-bond acceptors (Lipinski definition) is 5. The molecule has 2 aromatic rings. The van der Waals surface area contributed by atoms with E-state index in [1.807, 2.05) is 0 Å². The summed E-state index contributed by atoms with van der Waals surface area (Å²) in [6.45, 7) is 1.54. The quantitative estimate of drug-likeness (QED) is 0.793. The van der Waals surface area contributed by atoms with Crippen LogP contribution >= 0.6 is 11.8 Å². The number of hydrogen-bond donors (Lipinski definition) is 1. The SMILES string of the molecule is CC1(c2ccco2)NC(=O)N(CC(=O)N2CCSC2c2ccccc2F)C1=O. The van der Waals surface area contributed by atoms with Crippen molar-refractivity contribution in [2.24, 2.45) is 0 Å². The van der Waals surface area contributed by atoms with Gasteiger partial charge in [-0.2, -0.15) is 0 Å². The van der Waals surface area contributed by atoms with Crippen LogP contribution in [-0.4, -0.2) is 46.5 Å². The van der Waals surface area contributed by atoms with Crippen molar-refractivity contribution in [2.45, 2.75) is 17.8 Å². The highest BCUT2D eigenvalue weighted by Crippen LogP contribution is 2.39. The lowest BCUT2D eigenvalue weighted by Gasteiger charge is -2.26. The summed E-state index contributed by atoms with van der Waals surface area (Å²) in [6.07, 6.45) is 1.41. The maximum absolute atomic E-state index is 14.2. The first-order valence-corrected chi connectivity index (χ1v) is 9.80. The van der Waals surface area contributed by atoms with Crippen LogP contribution in [0.2, 0.25) is 0 Å². The van der Waals surface area contributed by atoms with E-state index in [9.17, 15) is 18.8 Å². The zero-order chi connectivity index (χ0) is 19.9. The van der Waals surface area contributed by atoms with Crippen molar-refractivity contribution in [3.8, 4) is 0 Å². The standard InChI is InChI=1S/C19H18FN3O4S/c1-19(14-7-4-9-27-14)17(25)23(18(26)21-19)11-15(24)22-8-10-28-16(22)12-5-2-3-6-13(12)20/h2-7,9,16H,8,10-11H2,1H3,(H,21,26). The van der Waals surface area contributed by atoms with Crippen molar-refractivity contribution in [1.82, 2.24) is 15.1 Å². The summed E-state index contributed by atoms with van der Waals surface area (Å²) in [7, 11) is 0. The number of benzene rings is 1. The molecule has 2 unspecified atom stereocenters. The largest absolute Gasteiger partial charge is 0.466 e. The molecule has 4 rings (SSSR count). The summed E-state index contributed by atoms with van der Waals surface area (Å²) in [4.78, 5) is 40.5. The maximum atomic E-state index is 14.2. The number of imide groups is 1. The van der Waals surface area contributed by atoms with Gasteiger partial charge in [0.15, 0.2) is 5.54 Å². The highest BCUT2D eigenvalue weighted by molar-refractivity contribution is 7.99. The van der Waals surface area contributed by atoms with Gasteiger partial charge in [0.1, 0.15) is 23.5 Å². The number of furan rings is 1. The number of nitrogens with one attached hydrogen (secondary N) is 1. The molecule has 2 fully saturated rings. The minimum atomic E-state index is -1.36. The molecule has 3 heterocycles. The average Bonchev–Trinajstić information content (AvgIpc) is 3.40. The summed E-state index contributed by atoms with van der Waals surface area (Å²) in [5.41, 5.74) is -0.943.